The second kappa shape index (κ2) is 6.67. The van der Waals surface area contributed by atoms with Gasteiger partial charge >= 0.3 is 0 Å². The Kier molecular flexibility index (Phi) is 4.40. The summed E-state index contributed by atoms with van der Waals surface area (Å²) in [4.78, 5) is 7.21. The molecule has 2 aromatic rings. The number of aryl methyl sites for hydroxylation is 1. The van der Waals surface area contributed by atoms with Crippen molar-refractivity contribution in [3.8, 4) is 11.5 Å². The quantitative estimate of drug-likeness (QED) is 0.810. The predicted molar refractivity (Wildman–Crippen MR) is 92.0 cm³/mol. The van der Waals surface area contributed by atoms with E-state index in [0.29, 0.717) is 5.89 Å². The smallest absolute Gasteiger partial charge is 0.226 e. The zero-order chi connectivity index (χ0) is 16.5. The van der Waals surface area contributed by atoms with E-state index >= 15 is 0 Å². The normalized spacial score (nSPS) is 24.8. The molecule has 1 saturated carbocycles. The molecule has 3 nitrogen and oxygen atoms in total. The summed E-state index contributed by atoms with van der Waals surface area (Å²) in [5.41, 5.74) is 1.85. The number of hydrogen-bond acceptors (Lipinski definition) is 3. The Morgan fingerprint density at radius 1 is 1.12 bits per heavy atom. The summed E-state index contributed by atoms with van der Waals surface area (Å²) in [5, 5.41) is 0. The van der Waals surface area contributed by atoms with Crippen LogP contribution in [0.5, 0.6) is 0 Å². The van der Waals surface area contributed by atoms with Gasteiger partial charge in [0.2, 0.25) is 5.89 Å². The fourth-order valence-electron chi connectivity index (χ4n) is 4.32. The van der Waals surface area contributed by atoms with Crippen LogP contribution in [0.3, 0.4) is 0 Å². The predicted octanol–water partition coefficient (Wildman–Crippen LogP) is 4.80. The molecule has 0 spiro atoms. The monoisotopic (exact) mass is 328 g/mol. The highest BCUT2D eigenvalue weighted by Crippen LogP contribution is 2.36. The second-order valence-corrected chi connectivity index (χ2v) is 7.36. The Morgan fingerprint density at radius 3 is 2.67 bits per heavy atom. The van der Waals surface area contributed by atoms with E-state index in [1.807, 2.05) is 6.92 Å². The van der Waals surface area contributed by atoms with Crippen LogP contribution in [0.2, 0.25) is 0 Å². The third-order valence-electron chi connectivity index (χ3n) is 5.73. The highest BCUT2D eigenvalue weighted by atomic mass is 19.1. The van der Waals surface area contributed by atoms with Gasteiger partial charge in [-0.3, -0.25) is 4.90 Å². The van der Waals surface area contributed by atoms with Crippen molar-refractivity contribution >= 4 is 0 Å². The number of rotatable bonds is 3. The number of halogens is 1. The van der Waals surface area contributed by atoms with Gasteiger partial charge in [-0.2, -0.15) is 0 Å². The Hall–Kier alpha value is -1.68. The van der Waals surface area contributed by atoms with Crippen LogP contribution in [0.25, 0.3) is 11.5 Å². The third kappa shape index (κ3) is 3.25. The summed E-state index contributed by atoms with van der Waals surface area (Å²) in [7, 11) is 0. The van der Waals surface area contributed by atoms with Crippen LogP contribution in [-0.4, -0.2) is 23.0 Å². The molecule has 0 bridgehead atoms. The lowest BCUT2D eigenvalue weighted by Crippen LogP contribution is -2.41. The van der Waals surface area contributed by atoms with Crippen molar-refractivity contribution in [1.82, 2.24) is 9.88 Å². The topological polar surface area (TPSA) is 29.3 Å². The van der Waals surface area contributed by atoms with E-state index < -0.39 is 0 Å². The molecule has 0 N–H and O–H groups in total. The van der Waals surface area contributed by atoms with Crippen LogP contribution < -0.4 is 0 Å². The maximum atomic E-state index is 13.1. The van der Waals surface area contributed by atoms with Crippen LogP contribution in [0.15, 0.2) is 28.7 Å². The van der Waals surface area contributed by atoms with Gasteiger partial charge in [0.25, 0.3) is 0 Å². The van der Waals surface area contributed by atoms with Gasteiger partial charge in [-0.1, -0.05) is 19.3 Å². The lowest BCUT2D eigenvalue weighted by atomic mass is 9.75. The van der Waals surface area contributed by atoms with Gasteiger partial charge in [0.05, 0.1) is 5.69 Å². The number of benzene rings is 1. The van der Waals surface area contributed by atoms with Crippen molar-refractivity contribution < 1.29 is 8.81 Å². The summed E-state index contributed by atoms with van der Waals surface area (Å²) in [6, 6.07) is 6.33. The first-order valence-corrected chi connectivity index (χ1v) is 9.13. The van der Waals surface area contributed by atoms with Crippen molar-refractivity contribution in [3.63, 3.8) is 0 Å². The minimum Gasteiger partial charge on any atom is -0.441 e. The number of likely N-dealkylation sites (tertiary alicyclic amines) is 1. The number of oxazole rings is 1. The van der Waals surface area contributed by atoms with Crippen LogP contribution in [0.4, 0.5) is 4.39 Å². The molecule has 0 amide bonds. The molecular formula is C20H25FN2O. The van der Waals surface area contributed by atoms with Crippen molar-refractivity contribution in [3.05, 3.63) is 41.5 Å². The molecule has 2 heterocycles. The molecule has 1 aromatic heterocycles. The summed E-state index contributed by atoms with van der Waals surface area (Å²) in [6.07, 6.45) is 6.96. The van der Waals surface area contributed by atoms with Gasteiger partial charge in [-0.25, -0.2) is 9.37 Å². The minimum atomic E-state index is -0.238. The van der Waals surface area contributed by atoms with Gasteiger partial charge in [-0.05, 0) is 62.4 Å². The summed E-state index contributed by atoms with van der Waals surface area (Å²) < 4.78 is 18.9. The van der Waals surface area contributed by atoms with Crippen LogP contribution in [-0.2, 0) is 6.54 Å². The first kappa shape index (κ1) is 15.8. The number of nitrogens with zero attached hydrogens (tertiary/aromatic N) is 2. The van der Waals surface area contributed by atoms with E-state index in [1.54, 1.807) is 12.1 Å². The summed E-state index contributed by atoms with van der Waals surface area (Å²) >= 11 is 0. The van der Waals surface area contributed by atoms with E-state index in [0.717, 1.165) is 35.4 Å². The first-order valence-electron chi connectivity index (χ1n) is 9.13. The largest absolute Gasteiger partial charge is 0.441 e. The standard InChI is InChI=1S/C20H25FN2O/c1-14-19(22-20(24-14)16-6-8-18(21)9-7-16)13-23-11-10-15-4-2-3-5-17(15)12-23/h6-9,15,17H,2-5,10-13H2,1H3/t15-,17-/m0/s1. The summed E-state index contributed by atoms with van der Waals surface area (Å²) in [6.45, 7) is 5.20. The van der Waals surface area contributed by atoms with E-state index in [1.165, 1.54) is 57.3 Å². The zero-order valence-corrected chi connectivity index (χ0v) is 14.3. The number of piperidine rings is 1. The second-order valence-electron chi connectivity index (χ2n) is 7.36. The van der Waals surface area contributed by atoms with Crippen LogP contribution in [0, 0.1) is 24.6 Å². The molecule has 4 rings (SSSR count). The molecule has 1 aliphatic heterocycles. The van der Waals surface area contributed by atoms with E-state index in [9.17, 15) is 4.39 Å². The SMILES string of the molecule is Cc1oc(-c2ccc(F)cc2)nc1CN1CC[C@@H]2CCCC[C@H]2C1. The lowest BCUT2D eigenvalue weighted by Gasteiger charge is -2.41. The van der Waals surface area contributed by atoms with Crippen molar-refractivity contribution in [2.75, 3.05) is 13.1 Å². The maximum Gasteiger partial charge on any atom is 0.226 e. The lowest BCUT2D eigenvalue weighted by molar-refractivity contribution is 0.0810. The molecule has 1 aromatic carbocycles. The Bertz CT molecular complexity index is 694. The van der Waals surface area contributed by atoms with E-state index in [4.69, 9.17) is 4.42 Å². The average molecular weight is 328 g/mol. The highest BCUT2D eigenvalue weighted by molar-refractivity contribution is 5.53. The maximum absolute atomic E-state index is 13.1. The molecule has 1 saturated heterocycles. The van der Waals surface area contributed by atoms with E-state index in [-0.39, 0.29) is 5.82 Å². The molecule has 1 aliphatic carbocycles. The average Bonchev–Trinajstić information content (AvgIpc) is 2.96. The molecule has 0 radical (unpaired) electrons. The number of fused-ring (bicyclic) bond motifs is 1. The van der Waals surface area contributed by atoms with Gasteiger partial charge in [0, 0.05) is 18.7 Å². The van der Waals surface area contributed by atoms with Crippen LogP contribution >= 0.6 is 0 Å². The molecule has 2 aliphatic rings. The van der Waals surface area contributed by atoms with Crippen molar-refractivity contribution in [1.29, 1.82) is 0 Å². The minimum absolute atomic E-state index is 0.238. The highest BCUT2D eigenvalue weighted by Gasteiger charge is 2.31. The third-order valence-corrected chi connectivity index (χ3v) is 5.73. The Morgan fingerprint density at radius 2 is 1.88 bits per heavy atom. The fraction of sp³-hybridized carbons (Fsp3) is 0.550. The number of hydrogen-bond donors (Lipinski definition) is 0. The molecule has 24 heavy (non-hydrogen) atoms. The molecule has 128 valence electrons. The summed E-state index contributed by atoms with van der Waals surface area (Å²) in [5.74, 6) is 3.05. The Balaban J connectivity index is 1.46. The van der Waals surface area contributed by atoms with Crippen LogP contribution in [0.1, 0.15) is 43.6 Å². The molecule has 2 fully saturated rings. The van der Waals surface area contributed by atoms with E-state index in [2.05, 4.69) is 9.88 Å². The molecule has 0 unspecified atom stereocenters. The molecule has 2 atom stereocenters. The van der Waals surface area contributed by atoms with Gasteiger partial charge in [0.1, 0.15) is 11.6 Å². The van der Waals surface area contributed by atoms with Crippen molar-refractivity contribution in [2.45, 2.75) is 45.6 Å². The first-order chi connectivity index (χ1) is 11.7. The zero-order valence-electron chi connectivity index (χ0n) is 14.3. The Labute approximate surface area is 142 Å². The fourth-order valence-corrected chi connectivity index (χ4v) is 4.32. The number of aromatic nitrogens is 1. The molecular weight excluding hydrogens is 303 g/mol. The van der Waals surface area contributed by atoms with Gasteiger partial charge < -0.3 is 4.42 Å². The van der Waals surface area contributed by atoms with Gasteiger partial charge in [-0.15, -0.1) is 0 Å². The van der Waals surface area contributed by atoms with Crippen molar-refractivity contribution in [2.24, 2.45) is 11.8 Å². The van der Waals surface area contributed by atoms with Gasteiger partial charge in [0.15, 0.2) is 0 Å². The molecule has 4 heteroatoms.